The van der Waals surface area contributed by atoms with Crippen molar-refractivity contribution in [3.8, 4) is 11.8 Å². The molecule has 3 N–H and O–H groups in total. The van der Waals surface area contributed by atoms with Crippen LogP contribution >= 0.6 is 9.24 Å². The predicted octanol–water partition coefficient (Wildman–Crippen LogP) is 5.01. The van der Waals surface area contributed by atoms with Gasteiger partial charge in [0.05, 0.1) is 23.9 Å². The van der Waals surface area contributed by atoms with Crippen LogP contribution in [0.25, 0.3) is 0 Å². The Balaban J connectivity index is 1.77. The highest BCUT2D eigenvalue weighted by Gasteiger charge is 2.23. The normalized spacial score (nSPS) is 14.8. The minimum Gasteiger partial charge on any atom is -0.495 e. The first-order valence-corrected chi connectivity index (χ1v) is 14.0. The number of carbonyl (C=O) groups is 2. The van der Waals surface area contributed by atoms with E-state index in [1.54, 1.807) is 24.3 Å². The average Bonchev–Trinajstić information content (AvgIpc) is 2.91. The van der Waals surface area contributed by atoms with E-state index in [0.717, 1.165) is 37.1 Å². The maximum absolute atomic E-state index is 13.4. The molecule has 9 heteroatoms. The number of carbonyl (C=O) groups excluding carboxylic acids is 2. The lowest BCUT2D eigenvalue weighted by Crippen LogP contribution is -2.36. The fourth-order valence-electron chi connectivity index (χ4n) is 4.63. The third-order valence-electron chi connectivity index (χ3n) is 7.26. The fraction of sp³-hybridized carbons (Fsp3) is 0.419. The number of nitrogens with zero attached hydrogens (tertiary/aromatic N) is 2. The topological polar surface area (TPSA) is 118 Å². The van der Waals surface area contributed by atoms with E-state index in [4.69, 9.17) is 10.1 Å². The van der Waals surface area contributed by atoms with Crippen LogP contribution in [-0.4, -0.2) is 56.2 Å². The summed E-state index contributed by atoms with van der Waals surface area (Å²) >= 11 is 0. The number of likely N-dealkylation sites (tertiary alicyclic amines) is 1. The van der Waals surface area contributed by atoms with Gasteiger partial charge >= 0.3 is 0 Å². The van der Waals surface area contributed by atoms with Crippen LogP contribution in [0.2, 0.25) is 0 Å². The van der Waals surface area contributed by atoms with E-state index in [1.807, 2.05) is 33.8 Å². The SMILES string of the molecule is COc1c(C#N)cc(C(C)(C)C)cc1C(=O)Nc1ccc(C)c(C(=N)/C=C(\P)C(=O)NCC2CCN(C)CC2)c1. The van der Waals surface area contributed by atoms with E-state index in [2.05, 4.69) is 37.9 Å². The lowest BCUT2D eigenvalue weighted by atomic mass is 9.84. The van der Waals surface area contributed by atoms with Crippen molar-refractivity contribution in [2.24, 2.45) is 5.92 Å². The molecule has 1 saturated heterocycles. The Morgan fingerprint density at radius 1 is 1.20 bits per heavy atom. The number of amides is 2. The lowest BCUT2D eigenvalue weighted by Gasteiger charge is -2.28. The Hall–Kier alpha value is -3.53. The van der Waals surface area contributed by atoms with Crippen molar-refractivity contribution in [1.29, 1.82) is 10.7 Å². The van der Waals surface area contributed by atoms with Gasteiger partial charge in [-0.15, -0.1) is 0 Å². The maximum Gasteiger partial charge on any atom is 0.259 e. The Morgan fingerprint density at radius 3 is 2.48 bits per heavy atom. The number of anilines is 1. The molecule has 0 aromatic heterocycles. The number of hydrogen-bond donors (Lipinski definition) is 3. The van der Waals surface area contributed by atoms with Gasteiger partial charge in [-0.2, -0.15) is 5.26 Å². The number of piperidine rings is 1. The fourth-order valence-corrected chi connectivity index (χ4v) is 4.89. The number of aryl methyl sites for hydroxylation is 1. The van der Waals surface area contributed by atoms with Crippen molar-refractivity contribution in [2.75, 3.05) is 39.1 Å². The van der Waals surface area contributed by atoms with E-state index in [1.165, 1.54) is 13.2 Å². The van der Waals surface area contributed by atoms with E-state index in [0.29, 0.717) is 34.6 Å². The Kier molecular flexibility index (Phi) is 10.2. The first kappa shape index (κ1) is 31.0. The molecule has 8 nitrogen and oxygen atoms in total. The lowest BCUT2D eigenvalue weighted by molar-refractivity contribution is -0.117. The zero-order chi connectivity index (χ0) is 29.6. The number of allylic oxidation sites excluding steroid dienone is 1. The van der Waals surface area contributed by atoms with E-state index >= 15 is 0 Å². The summed E-state index contributed by atoms with van der Waals surface area (Å²) in [7, 11) is 5.98. The van der Waals surface area contributed by atoms with Gasteiger partial charge in [-0.05, 0) is 92.7 Å². The molecule has 0 spiro atoms. The molecule has 1 aliphatic rings. The third kappa shape index (κ3) is 7.78. The van der Waals surface area contributed by atoms with Crippen molar-refractivity contribution < 1.29 is 14.3 Å². The van der Waals surface area contributed by atoms with Gasteiger partial charge in [0.15, 0.2) is 0 Å². The van der Waals surface area contributed by atoms with Gasteiger partial charge in [-0.1, -0.05) is 36.1 Å². The van der Waals surface area contributed by atoms with Gasteiger partial charge in [0.1, 0.15) is 11.8 Å². The summed E-state index contributed by atoms with van der Waals surface area (Å²) in [5.74, 6) is 0.0491. The monoisotopic (exact) mass is 561 g/mol. The van der Waals surface area contributed by atoms with Gasteiger partial charge in [0.2, 0.25) is 0 Å². The highest BCUT2D eigenvalue weighted by Crippen LogP contribution is 2.32. The van der Waals surface area contributed by atoms with Crippen LogP contribution in [-0.2, 0) is 10.2 Å². The standard InChI is InChI=1S/C31H40N5O3P/c1-19-7-8-23(35-29(37)25-14-22(31(2,3)4)13-21(17-32)28(25)39-6)15-24(19)26(33)16-27(40)30(38)34-18-20-9-11-36(5)12-10-20/h7-8,13-16,20,33H,9-12,18,40H2,1-6H3,(H,34,38)(H,35,37)/b27-16-,33-26?. The average molecular weight is 562 g/mol. The van der Waals surface area contributed by atoms with E-state index in [-0.39, 0.29) is 28.3 Å². The van der Waals surface area contributed by atoms with Crippen molar-refractivity contribution in [1.82, 2.24) is 10.2 Å². The summed E-state index contributed by atoms with van der Waals surface area (Å²) in [6.07, 6.45) is 3.65. The van der Waals surface area contributed by atoms with E-state index < -0.39 is 5.91 Å². The molecule has 2 aromatic rings. The second-order valence-electron chi connectivity index (χ2n) is 11.4. The number of nitrogens with one attached hydrogen (secondary N) is 3. The number of hydrogen-bond acceptors (Lipinski definition) is 6. The molecule has 1 fully saturated rings. The molecule has 1 unspecified atom stereocenters. The van der Waals surface area contributed by atoms with Crippen molar-refractivity contribution in [3.63, 3.8) is 0 Å². The summed E-state index contributed by atoms with van der Waals surface area (Å²) in [6.45, 7) is 10.6. The van der Waals surface area contributed by atoms with Crippen molar-refractivity contribution >= 4 is 32.5 Å². The smallest absolute Gasteiger partial charge is 0.259 e. The molecule has 3 rings (SSSR count). The molecule has 0 aliphatic carbocycles. The van der Waals surface area contributed by atoms with Crippen molar-refractivity contribution in [2.45, 2.75) is 46.0 Å². The molecular formula is C31H40N5O3P. The maximum atomic E-state index is 13.4. The predicted molar refractivity (Wildman–Crippen MR) is 163 cm³/mol. The van der Waals surface area contributed by atoms with Crippen LogP contribution in [0.3, 0.4) is 0 Å². The van der Waals surface area contributed by atoms with Crippen LogP contribution in [0.15, 0.2) is 41.7 Å². The van der Waals surface area contributed by atoms with Gasteiger partial charge in [-0.3, -0.25) is 9.59 Å². The zero-order valence-electron chi connectivity index (χ0n) is 24.3. The Labute approximate surface area is 239 Å². The molecule has 1 aliphatic heterocycles. The highest BCUT2D eigenvalue weighted by atomic mass is 31.0. The minimum absolute atomic E-state index is 0.159. The minimum atomic E-state index is -0.420. The first-order valence-electron chi connectivity index (χ1n) is 13.4. The van der Waals surface area contributed by atoms with Crippen LogP contribution < -0.4 is 15.4 Å². The molecule has 2 aromatic carbocycles. The molecule has 0 radical (unpaired) electrons. The van der Waals surface area contributed by atoms with Gasteiger partial charge in [0.25, 0.3) is 11.8 Å². The largest absolute Gasteiger partial charge is 0.495 e. The Bertz CT molecular complexity index is 1360. The molecule has 1 heterocycles. The van der Waals surface area contributed by atoms with Gasteiger partial charge < -0.3 is 25.7 Å². The van der Waals surface area contributed by atoms with Crippen LogP contribution in [0, 0.1) is 29.6 Å². The molecule has 1 atom stereocenters. The van der Waals surface area contributed by atoms with E-state index in [9.17, 15) is 14.9 Å². The third-order valence-corrected chi connectivity index (χ3v) is 7.69. The molecule has 0 bridgehead atoms. The zero-order valence-corrected chi connectivity index (χ0v) is 25.4. The molecule has 40 heavy (non-hydrogen) atoms. The summed E-state index contributed by atoms with van der Waals surface area (Å²) in [5.41, 5.74) is 3.19. The number of benzene rings is 2. The summed E-state index contributed by atoms with van der Waals surface area (Å²) in [4.78, 5) is 28.3. The Morgan fingerprint density at radius 2 is 1.88 bits per heavy atom. The molecular weight excluding hydrogens is 521 g/mol. The van der Waals surface area contributed by atoms with Crippen LogP contribution in [0.4, 0.5) is 5.69 Å². The second kappa shape index (κ2) is 13.2. The summed E-state index contributed by atoms with van der Waals surface area (Å²) in [6, 6.07) is 10.9. The number of rotatable bonds is 8. The van der Waals surface area contributed by atoms with Gasteiger partial charge in [0, 0.05) is 23.1 Å². The molecule has 212 valence electrons. The summed E-state index contributed by atoms with van der Waals surface area (Å²) < 4.78 is 5.44. The number of ether oxygens (including phenoxy) is 1. The quantitative estimate of drug-likeness (QED) is 0.238. The van der Waals surface area contributed by atoms with Gasteiger partial charge in [-0.25, -0.2) is 0 Å². The number of methoxy groups -OCH3 is 1. The molecule has 2 amide bonds. The summed E-state index contributed by atoms with van der Waals surface area (Å²) in [5, 5.41) is 24.6. The highest BCUT2D eigenvalue weighted by molar-refractivity contribution is 7.25. The van der Waals surface area contributed by atoms with Crippen LogP contribution in [0.5, 0.6) is 5.75 Å². The number of nitriles is 1. The first-order chi connectivity index (χ1) is 18.8. The van der Waals surface area contributed by atoms with Crippen molar-refractivity contribution in [3.05, 3.63) is 69.5 Å². The molecule has 0 saturated carbocycles. The van der Waals surface area contributed by atoms with Crippen LogP contribution in [0.1, 0.15) is 66.2 Å². The second-order valence-corrected chi connectivity index (χ2v) is 12.0.